The Balaban J connectivity index is 2.30. The molecule has 0 unspecified atom stereocenters. The molecule has 28 heavy (non-hydrogen) atoms. The first-order valence-electron chi connectivity index (χ1n) is 8.06. The molecule has 0 amide bonds. The molecule has 3 aromatic rings. The largest absolute Gasteiger partial charge is 0.300 e. The van der Waals surface area contributed by atoms with Gasteiger partial charge in [-0.1, -0.05) is 30.3 Å². The fourth-order valence-corrected chi connectivity index (χ4v) is 4.36. The number of non-ortho nitro benzene ring substituents is 1. The quantitative estimate of drug-likeness (QED) is 0.506. The lowest BCUT2D eigenvalue weighted by atomic mass is 10.1. The molecule has 3 aromatic carbocycles. The molecule has 0 aliphatic carbocycles. The Labute approximate surface area is 160 Å². The third kappa shape index (κ3) is 3.37. The van der Waals surface area contributed by atoms with E-state index in [9.17, 15) is 28.6 Å². The Kier molecular flexibility index (Phi) is 4.73. The predicted molar refractivity (Wildman–Crippen MR) is 104 cm³/mol. The summed E-state index contributed by atoms with van der Waals surface area (Å²) in [4.78, 5) is 21.3. The Bertz CT molecular complexity index is 1240. The molecule has 0 aliphatic rings. The Morgan fingerprint density at radius 2 is 1.46 bits per heavy atom. The Morgan fingerprint density at radius 1 is 0.857 bits per heavy atom. The zero-order valence-corrected chi connectivity index (χ0v) is 15.7. The minimum atomic E-state index is -4.17. The maximum absolute atomic E-state index is 12.9. The number of nitro groups is 2. The van der Waals surface area contributed by atoms with Gasteiger partial charge in [0.1, 0.15) is 5.69 Å². The van der Waals surface area contributed by atoms with E-state index in [-0.39, 0.29) is 21.4 Å². The molecule has 0 radical (unpaired) electrons. The van der Waals surface area contributed by atoms with Crippen molar-refractivity contribution < 1.29 is 18.3 Å². The minimum Gasteiger partial charge on any atom is -0.272 e. The molecule has 0 saturated carbocycles. The zero-order valence-electron chi connectivity index (χ0n) is 14.9. The van der Waals surface area contributed by atoms with Gasteiger partial charge in [-0.2, -0.15) is 0 Å². The molecule has 0 heterocycles. The SMILES string of the molecule is Cc1ccc(C)c(S(=O)(=O)Nc2c([N+](=O)[O-])cc([N+](=O)[O-])c3ccccc23)c1. The third-order valence-electron chi connectivity index (χ3n) is 4.26. The number of sulfonamides is 1. The molecule has 0 saturated heterocycles. The van der Waals surface area contributed by atoms with Gasteiger partial charge in [-0.05, 0) is 37.1 Å². The van der Waals surface area contributed by atoms with Crippen molar-refractivity contribution in [2.45, 2.75) is 18.7 Å². The average molecular weight is 401 g/mol. The van der Waals surface area contributed by atoms with E-state index >= 15 is 0 Å². The lowest BCUT2D eigenvalue weighted by Gasteiger charge is -2.13. The third-order valence-corrected chi connectivity index (χ3v) is 5.76. The molecule has 0 spiro atoms. The van der Waals surface area contributed by atoms with E-state index in [0.717, 1.165) is 6.07 Å². The van der Waals surface area contributed by atoms with Gasteiger partial charge >= 0.3 is 5.69 Å². The number of aryl methyl sites for hydroxylation is 2. The van der Waals surface area contributed by atoms with Crippen molar-refractivity contribution in [2.24, 2.45) is 0 Å². The summed E-state index contributed by atoms with van der Waals surface area (Å²) in [5, 5.41) is 23.0. The minimum absolute atomic E-state index is 0.0239. The van der Waals surface area contributed by atoms with Crippen LogP contribution in [0.2, 0.25) is 0 Å². The molecular weight excluding hydrogens is 386 g/mol. The average Bonchev–Trinajstić information content (AvgIpc) is 2.63. The number of benzene rings is 3. The van der Waals surface area contributed by atoms with Crippen molar-refractivity contribution in [3.05, 3.63) is 79.9 Å². The first kappa shape index (κ1) is 19.2. The second kappa shape index (κ2) is 6.89. The summed E-state index contributed by atoms with van der Waals surface area (Å²) in [7, 11) is -4.17. The van der Waals surface area contributed by atoms with E-state index in [1.807, 2.05) is 0 Å². The number of nitrogens with one attached hydrogen (secondary N) is 1. The first-order chi connectivity index (χ1) is 13.1. The van der Waals surface area contributed by atoms with Crippen LogP contribution in [0.4, 0.5) is 17.1 Å². The van der Waals surface area contributed by atoms with Crippen LogP contribution in [0.25, 0.3) is 10.8 Å². The number of hydrogen-bond acceptors (Lipinski definition) is 6. The van der Waals surface area contributed by atoms with Gasteiger partial charge in [0.25, 0.3) is 15.7 Å². The Morgan fingerprint density at radius 3 is 2.07 bits per heavy atom. The molecule has 1 N–H and O–H groups in total. The molecule has 0 aromatic heterocycles. The second-order valence-electron chi connectivity index (χ2n) is 6.22. The highest BCUT2D eigenvalue weighted by Gasteiger charge is 2.29. The summed E-state index contributed by atoms with van der Waals surface area (Å²) in [6, 6.07) is 11.5. The van der Waals surface area contributed by atoms with E-state index in [1.165, 1.54) is 30.3 Å². The van der Waals surface area contributed by atoms with E-state index in [1.54, 1.807) is 26.0 Å². The van der Waals surface area contributed by atoms with Crippen LogP contribution in [-0.2, 0) is 10.0 Å². The zero-order chi connectivity index (χ0) is 20.6. The van der Waals surface area contributed by atoms with E-state index < -0.39 is 31.2 Å². The topological polar surface area (TPSA) is 132 Å². The van der Waals surface area contributed by atoms with Gasteiger partial charge in [0.15, 0.2) is 0 Å². The molecule has 0 aliphatic heterocycles. The Hall–Kier alpha value is -3.53. The smallest absolute Gasteiger partial charge is 0.272 e. The second-order valence-corrected chi connectivity index (χ2v) is 7.87. The van der Waals surface area contributed by atoms with Crippen LogP contribution >= 0.6 is 0 Å². The highest BCUT2D eigenvalue weighted by atomic mass is 32.2. The highest BCUT2D eigenvalue weighted by molar-refractivity contribution is 7.92. The van der Waals surface area contributed by atoms with Gasteiger partial charge in [0.2, 0.25) is 0 Å². The number of hydrogen-bond donors (Lipinski definition) is 1. The number of nitrogens with zero attached hydrogens (tertiary/aromatic N) is 2. The summed E-state index contributed by atoms with van der Waals surface area (Å²) >= 11 is 0. The van der Waals surface area contributed by atoms with Crippen LogP contribution in [0.5, 0.6) is 0 Å². The van der Waals surface area contributed by atoms with Gasteiger partial charge in [-0.15, -0.1) is 0 Å². The van der Waals surface area contributed by atoms with E-state index in [4.69, 9.17) is 0 Å². The first-order valence-corrected chi connectivity index (χ1v) is 9.54. The van der Waals surface area contributed by atoms with Gasteiger partial charge in [-0.3, -0.25) is 25.0 Å². The fourth-order valence-electron chi connectivity index (χ4n) is 2.93. The fraction of sp³-hybridized carbons (Fsp3) is 0.111. The van der Waals surface area contributed by atoms with Gasteiger partial charge in [-0.25, -0.2) is 8.42 Å². The van der Waals surface area contributed by atoms with Crippen LogP contribution in [-0.4, -0.2) is 18.3 Å². The van der Waals surface area contributed by atoms with Crippen molar-refractivity contribution >= 4 is 37.9 Å². The molecule has 10 heteroatoms. The van der Waals surface area contributed by atoms with Crippen molar-refractivity contribution in [1.82, 2.24) is 0 Å². The number of anilines is 1. The monoisotopic (exact) mass is 401 g/mol. The number of rotatable bonds is 5. The van der Waals surface area contributed by atoms with Crippen molar-refractivity contribution in [3.8, 4) is 0 Å². The van der Waals surface area contributed by atoms with Crippen LogP contribution in [0.1, 0.15) is 11.1 Å². The van der Waals surface area contributed by atoms with Crippen molar-refractivity contribution in [2.75, 3.05) is 4.72 Å². The maximum Gasteiger partial charge on any atom is 0.300 e. The van der Waals surface area contributed by atoms with Crippen LogP contribution in [0, 0.1) is 34.1 Å². The lowest BCUT2D eigenvalue weighted by Crippen LogP contribution is -2.16. The summed E-state index contributed by atoms with van der Waals surface area (Å²) in [6.07, 6.45) is 0. The number of nitro benzene ring substituents is 2. The molecular formula is C18H15N3O6S. The standard InChI is InChI=1S/C18H15N3O6S/c1-11-7-8-12(2)17(9-11)28(26,27)19-18-14-6-4-3-5-13(14)15(20(22)23)10-16(18)21(24)25/h3-10,19H,1-2H3. The molecule has 0 fully saturated rings. The van der Waals surface area contributed by atoms with Crippen LogP contribution < -0.4 is 4.72 Å². The molecule has 9 nitrogen and oxygen atoms in total. The van der Waals surface area contributed by atoms with E-state index in [0.29, 0.717) is 11.1 Å². The summed E-state index contributed by atoms with van der Waals surface area (Å²) in [5.41, 5.74) is -0.315. The predicted octanol–water partition coefficient (Wildman–Crippen LogP) is 4.07. The van der Waals surface area contributed by atoms with Crippen molar-refractivity contribution in [1.29, 1.82) is 0 Å². The maximum atomic E-state index is 12.9. The van der Waals surface area contributed by atoms with Crippen LogP contribution in [0.3, 0.4) is 0 Å². The van der Waals surface area contributed by atoms with Crippen LogP contribution in [0.15, 0.2) is 53.4 Å². The molecule has 0 atom stereocenters. The van der Waals surface area contributed by atoms with Gasteiger partial charge in [0.05, 0.1) is 26.2 Å². The van der Waals surface area contributed by atoms with Gasteiger partial charge < -0.3 is 0 Å². The van der Waals surface area contributed by atoms with E-state index in [2.05, 4.69) is 4.72 Å². The number of fused-ring (bicyclic) bond motifs is 1. The normalized spacial score (nSPS) is 11.4. The van der Waals surface area contributed by atoms with Crippen molar-refractivity contribution in [3.63, 3.8) is 0 Å². The summed E-state index contributed by atoms with van der Waals surface area (Å²) < 4.78 is 28.2. The summed E-state index contributed by atoms with van der Waals surface area (Å²) in [5.74, 6) is 0. The van der Waals surface area contributed by atoms with Gasteiger partial charge in [0, 0.05) is 5.39 Å². The summed E-state index contributed by atoms with van der Waals surface area (Å²) in [6.45, 7) is 3.33. The molecule has 3 rings (SSSR count). The molecule has 144 valence electrons. The lowest BCUT2D eigenvalue weighted by molar-refractivity contribution is -0.392. The molecule has 0 bridgehead atoms. The highest BCUT2D eigenvalue weighted by Crippen LogP contribution is 2.40.